The van der Waals surface area contributed by atoms with Crippen LogP contribution >= 0.6 is 11.6 Å². The predicted octanol–water partition coefficient (Wildman–Crippen LogP) is 2.04. The van der Waals surface area contributed by atoms with Crippen LogP contribution in [0.2, 0.25) is 5.02 Å². The molecule has 1 aromatic carbocycles. The molecule has 108 valence electrons. The average molecular weight is 316 g/mol. The minimum Gasteiger partial charge on any atom is -0.478 e. The Bertz CT molecular complexity index is 676. The Balaban J connectivity index is 3.33. The molecule has 0 heterocycles. The van der Waals surface area contributed by atoms with Crippen molar-refractivity contribution in [3.05, 3.63) is 28.3 Å². The van der Waals surface area contributed by atoms with E-state index in [1.165, 1.54) is 19.1 Å². The lowest BCUT2D eigenvalue weighted by atomic mass is 10.1. The smallest absolute Gasteiger partial charge is 0.336 e. The summed E-state index contributed by atoms with van der Waals surface area (Å²) in [4.78, 5) is 10.9. The number of hydrogen-bond donors (Lipinski definition) is 2. The van der Waals surface area contributed by atoms with Gasteiger partial charge in [0.25, 0.3) is 0 Å². The summed E-state index contributed by atoms with van der Waals surface area (Å²) in [7, 11) is -3.88. The zero-order chi connectivity index (χ0) is 15.5. The first kappa shape index (κ1) is 16.5. The van der Waals surface area contributed by atoms with Gasteiger partial charge in [0.15, 0.2) is 0 Å². The van der Waals surface area contributed by atoms with Gasteiger partial charge < -0.3 is 5.11 Å². The summed E-state index contributed by atoms with van der Waals surface area (Å²) < 4.78 is 26.9. The molecule has 0 fully saturated rings. The van der Waals surface area contributed by atoms with Crippen molar-refractivity contribution < 1.29 is 18.3 Å². The van der Waals surface area contributed by atoms with Crippen LogP contribution in [-0.2, 0) is 10.0 Å². The molecule has 0 aliphatic rings. The molecule has 0 aliphatic heterocycles. The van der Waals surface area contributed by atoms with Gasteiger partial charge in [-0.25, -0.2) is 17.9 Å². The van der Waals surface area contributed by atoms with Crippen molar-refractivity contribution in [2.24, 2.45) is 0 Å². The van der Waals surface area contributed by atoms with E-state index in [-0.39, 0.29) is 27.5 Å². The van der Waals surface area contributed by atoms with Crippen LogP contribution in [0.15, 0.2) is 17.0 Å². The normalized spacial score (nSPS) is 12.7. The summed E-state index contributed by atoms with van der Waals surface area (Å²) in [5.41, 5.74) is -0.0233. The predicted molar refractivity (Wildman–Crippen MR) is 76.4 cm³/mol. The standard InChI is InChI=1S/C13H14ClNO4S/c1-4-5-8(2)15-20(18,19)12-7-10(14)6-11(9(12)3)13(16)17/h1,6-8,15H,5H2,2-3H3,(H,16,17). The van der Waals surface area contributed by atoms with Gasteiger partial charge in [-0.05, 0) is 31.5 Å². The largest absolute Gasteiger partial charge is 0.478 e. The Labute approximate surface area is 123 Å². The van der Waals surface area contributed by atoms with E-state index in [0.717, 1.165) is 0 Å². The number of hydrogen-bond acceptors (Lipinski definition) is 3. The third-order valence-corrected chi connectivity index (χ3v) is 4.56. The van der Waals surface area contributed by atoms with Gasteiger partial charge in [0.2, 0.25) is 10.0 Å². The van der Waals surface area contributed by atoms with Crippen LogP contribution < -0.4 is 4.72 Å². The number of sulfonamides is 1. The number of carboxylic acids is 1. The maximum atomic E-state index is 12.2. The molecule has 0 radical (unpaired) electrons. The number of terminal acetylenes is 1. The second kappa shape index (κ2) is 6.27. The maximum absolute atomic E-state index is 12.2. The number of nitrogens with one attached hydrogen (secondary N) is 1. The van der Waals surface area contributed by atoms with Crippen molar-refractivity contribution in [2.45, 2.75) is 31.2 Å². The SMILES string of the molecule is C#CCC(C)NS(=O)(=O)c1cc(Cl)cc(C(=O)O)c1C. The van der Waals surface area contributed by atoms with Crippen LogP contribution in [0.3, 0.4) is 0 Å². The van der Waals surface area contributed by atoms with Crippen molar-refractivity contribution in [2.75, 3.05) is 0 Å². The fourth-order valence-corrected chi connectivity index (χ4v) is 3.52. The molecule has 1 unspecified atom stereocenters. The van der Waals surface area contributed by atoms with Gasteiger partial charge in [0.1, 0.15) is 0 Å². The summed E-state index contributed by atoms with van der Waals surface area (Å²) in [6.07, 6.45) is 5.35. The first-order valence-electron chi connectivity index (χ1n) is 5.68. The zero-order valence-electron chi connectivity index (χ0n) is 11.0. The molecule has 5 nitrogen and oxygen atoms in total. The highest BCUT2D eigenvalue weighted by molar-refractivity contribution is 7.89. The molecule has 1 aromatic rings. The summed E-state index contributed by atoms with van der Waals surface area (Å²) in [5.74, 6) is 1.11. The zero-order valence-corrected chi connectivity index (χ0v) is 12.5. The topological polar surface area (TPSA) is 83.5 Å². The molecule has 0 amide bonds. The molecule has 0 spiro atoms. The lowest BCUT2D eigenvalue weighted by Gasteiger charge is -2.15. The monoisotopic (exact) mass is 315 g/mol. The third kappa shape index (κ3) is 3.73. The van der Waals surface area contributed by atoms with Crippen molar-refractivity contribution >= 4 is 27.6 Å². The van der Waals surface area contributed by atoms with E-state index >= 15 is 0 Å². The van der Waals surface area contributed by atoms with Crippen LogP contribution in [-0.4, -0.2) is 25.5 Å². The van der Waals surface area contributed by atoms with Gasteiger partial charge in [0.05, 0.1) is 10.5 Å². The van der Waals surface area contributed by atoms with Crippen LogP contribution in [0.4, 0.5) is 0 Å². The van der Waals surface area contributed by atoms with Crippen LogP contribution in [0.25, 0.3) is 0 Å². The summed E-state index contributed by atoms with van der Waals surface area (Å²) in [5, 5.41) is 9.09. The van der Waals surface area contributed by atoms with E-state index in [0.29, 0.717) is 0 Å². The molecule has 0 saturated carbocycles. The van der Waals surface area contributed by atoms with Gasteiger partial charge in [0, 0.05) is 17.5 Å². The molecular weight excluding hydrogens is 302 g/mol. The van der Waals surface area contributed by atoms with E-state index in [1.807, 2.05) is 0 Å². The first-order valence-corrected chi connectivity index (χ1v) is 7.54. The minimum atomic E-state index is -3.88. The molecule has 20 heavy (non-hydrogen) atoms. The van der Waals surface area contributed by atoms with Crippen LogP contribution in [0, 0.1) is 19.3 Å². The lowest BCUT2D eigenvalue weighted by molar-refractivity contribution is 0.0696. The van der Waals surface area contributed by atoms with E-state index in [2.05, 4.69) is 10.6 Å². The third-order valence-electron chi connectivity index (χ3n) is 2.63. The number of carboxylic acid groups (broad SMARTS) is 1. The maximum Gasteiger partial charge on any atom is 0.336 e. The van der Waals surface area contributed by atoms with Gasteiger partial charge >= 0.3 is 5.97 Å². The first-order chi connectivity index (χ1) is 9.19. The Kier molecular flexibility index (Phi) is 5.17. The van der Waals surface area contributed by atoms with Crippen molar-refractivity contribution in [3.8, 4) is 12.3 Å². The van der Waals surface area contributed by atoms with Crippen molar-refractivity contribution in [1.82, 2.24) is 4.72 Å². The highest BCUT2D eigenvalue weighted by Crippen LogP contribution is 2.24. The quantitative estimate of drug-likeness (QED) is 0.814. The van der Waals surface area contributed by atoms with Crippen LogP contribution in [0.1, 0.15) is 29.3 Å². The average Bonchev–Trinajstić information content (AvgIpc) is 2.30. The highest BCUT2D eigenvalue weighted by atomic mass is 35.5. The number of aromatic carboxylic acids is 1. The Morgan fingerprint density at radius 2 is 2.15 bits per heavy atom. The molecule has 0 saturated heterocycles. The van der Waals surface area contributed by atoms with Crippen molar-refractivity contribution in [1.29, 1.82) is 0 Å². The molecule has 0 aliphatic carbocycles. The Morgan fingerprint density at radius 3 is 2.65 bits per heavy atom. The molecule has 0 bridgehead atoms. The fraction of sp³-hybridized carbons (Fsp3) is 0.308. The second-order valence-electron chi connectivity index (χ2n) is 4.31. The Morgan fingerprint density at radius 1 is 1.55 bits per heavy atom. The minimum absolute atomic E-state index is 0.0398. The highest BCUT2D eigenvalue weighted by Gasteiger charge is 2.23. The summed E-state index contributed by atoms with van der Waals surface area (Å²) in [6.45, 7) is 3.04. The second-order valence-corrected chi connectivity index (χ2v) is 6.43. The molecule has 2 N–H and O–H groups in total. The molecule has 7 heteroatoms. The number of benzene rings is 1. The molecule has 1 rings (SSSR count). The molecule has 0 aromatic heterocycles. The van der Waals surface area contributed by atoms with E-state index < -0.39 is 22.0 Å². The van der Waals surface area contributed by atoms with E-state index in [1.54, 1.807) is 6.92 Å². The van der Waals surface area contributed by atoms with Gasteiger partial charge in [-0.15, -0.1) is 12.3 Å². The molecule has 1 atom stereocenters. The number of halogens is 1. The number of rotatable bonds is 5. The molecular formula is C13H14ClNO4S. The summed E-state index contributed by atoms with van der Waals surface area (Å²) in [6, 6.07) is 1.97. The fourth-order valence-electron chi connectivity index (χ4n) is 1.70. The van der Waals surface area contributed by atoms with E-state index in [9.17, 15) is 13.2 Å². The number of carbonyl (C=O) groups is 1. The van der Waals surface area contributed by atoms with Crippen LogP contribution in [0.5, 0.6) is 0 Å². The van der Waals surface area contributed by atoms with Crippen molar-refractivity contribution in [3.63, 3.8) is 0 Å². The Hall–Kier alpha value is -1.55. The lowest BCUT2D eigenvalue weighted by Crippen LogP contribution is -2.33. The van der Waals surface area contributed by atoms with E-state index in [4.69, 9.17) is 23.1 Å². The van der Waals surface area contributed by atoms with Gasteiger partial charge in [-0.3, -0.25) is 0 Å². The summed E-state index contributed by atoms with van der Waals surface area (Å²) >= 11 is 5.78. The van der Waals surface area contributed by atoms with Gasteiger partial charge in [-0.1, -0.05) is 11.6 Å². The van der Waals surface area contributed by atoms with Gasteiger partial charge in [-0.2, -0.15) is 0 Å².